The Kier molecular flexibility index (Phi) is 4.99. The number of amides is 1. The summed E-state index contributed by atoms with van der Waals surface area (Å²) >= 11 is 5.93. The van der Waals surface area contributed by atoms with E-state index in [1.165, 1.54) is 0 Å². The maximum atomic E-state index is 12.2. The van der Waals surface area contributed by atoms with Crippen molar-refractivity contribution >= 4 is 23.2 Å². The average Bonchev–Trinajstić information content (AvgIpc) is 2.49. The van der Waals surface area contributed by atoms with Gasteiger partial charge in [-0.3, -0.25) is 4.79 Å². The number of nitrogens with one attached hydrogen (secondary N) is 1. The van der Waals surface area contributed by atoms with Gasteiger partial charge in [0, 0.05) is 21.8 Å². The summed E-state index contributed by atoms with van der Waals surface area (Å²) in [6.45, 7) is 1.72. The van der Waals surface area contributed by atoms with Crippen LogP contribution in [0.4, 0.5) is 5.69 Å². The summed E-state index contributed by atoms with van der Waals surface area (Å²) in [4.78, 5) is 12.2. The van der Waals surface area contributed by atoms with Gasteiger partial charge in [0.05, 0.1) is 0 Å². The van der Waals surface area contributed by atoms with Crippen LogP contribution in [0.3, 0.4) is 0 Å². The van der Waals surface area contributed by atoms with Crippen molar-refractivity contribution in [1.82, 2.24) is 0 Å². The molecule has 0 saturated heterocycles. The molecule has 0 aliphatic carbocycles. The molecule has 3 nitrogen and oxygen atoms in total. The molecule has 21 heavy (non-hydrogen) atoms. The number of rotatable bonds is 2. The molecular weight excluding hydrogens is 286 g/mol. The maximum Gasteiger partial charge on any atom is 0.255 e. The monoisotopic (exact) mass is 299 g/mol. The fourth-order valence-electron chi connectivity index (χ4n) is 1.77. The van der Waals surface area contributed by atoms with Crippen molar-refractivity contribution in [3.05, 3.63) is 64.2 Å². The fraction of sp³-hybridized carbons (Fsp3) is 0.118. The van der Waals surface area contributed by atoms with Crippen molar-refractivity contribution in [2.75, 3.05) is 11.9 Å². The summed E-state index contributed by atoms with van der Waals surface area (Å²) in [6, 6.07) is 12.2. The van der Waals surface area contributed by atoms with Crippen LogP contribution < -0.4 is 5.32 Å². The van der Waals surface area contributed by atoms with Crippen molar-refractivity contribution in [2.24, 2.45) is 0 Å². The molecule has 0 heterocycles. The van der Waals surface area contributed by atoms with Gasteiger partial charge in [0.2, 0.25) is 0 Å². The van der Waals surface area contributed by atoms with E-state index in [2.05, 4.69) is 17.2 Å². The summed E-state index contributed by atoms with van der Waals surface area (Å²) in [5.41, 5.74) is 2.92. The number of hydrogen-bond donors (Lipinski definition) is 2. The zero-order valence-electron chi connectivity index (χ0n) is 11.5. The van der Waals surface area contributed by atoms with E-state index in [4.69, 9.17) is 16.7 Å². The Bertz CT molecular complexity index is 712. The minimum absolute atomic E-state index is 0.184. The number of carbonyl (C=O) groups is 1. The summed E-state index contributed by atoms with van der Waals surface area (Å²) in [5.74, 6) is 5.13. The Morgan fingerprint density at radius 2 is 1.95 bits per heavy atom. The normalized spacial score (nSPS) is 9.67. The third-order valence-corrected chi connectivity index (χ3v) is 3.14. The van der Waals surface area contributed by atoms with Crippen LogP contribution >= 0.6 is 11.6 Å². The van der Waals surface area contributed by atoms with Gasteiger partial charge in [0.25, 0.3) is 5.91 Å². The first kappa shape index (κ1) is 15.1. The Hall–Kier alpha value is -2.28. The molecule has 2 aromatic rings. The molecule has 106 valence electrons. The van der Waals surface area contributed by atoms with E-state index >= 15 is 0 Å². The molecule has 0 aliphatic rings. The van der Waals surface area contributed by atoms with Crippen LogP contribution in [-0.2, 0) is 0 Å². The third-order valence-electron chi connectivity index (χ3n) is 2.91. The lowest BCUT2D eigenvalue weighted by Crippen LogP contribution is -2.12. The van der Waals surface area contributed by atoms with Crippen LogP contribution in [0, 0.1) is 18.8 Å². The quantitative estimate of drug-likeness (QED) is 0.836. The van der Waals surface area contributed by atoms with Crippen molar-refractivity contribution in [2.45, 2.75) is 6.92 Å². The van der Waals surface area contributed by atoms with Gasteiger partial charge in [-0.15, -0.1) is 0 Å². The second-order valence-corrected chi connectivity index (χ2v) is 4.89. The lowest BCUT2D eigenvalue weighted by Gasteiger charge is -2.09. The van der Waals surface area contributed by atoms with Crippen molar-refractivity contribution in [3.8, 4) is 11.8 Å². The van der Waals surface area contributed by atoms with E-state index in [1.807, 2.05) is 13.0 Å². The molecule has 0 saturated carbocycles. The summed E-state index contributed by atoms with van der Waals surface area (Å²) < 4.78 is 0. The van der Waals surface area contributed by atoms with Gasteiger partial charge in [0.15, 0.2) is 0 Å². The molecule has 4 heteroatoms. The molecule has 0 atom stereocenters. The average molecular weight is 300 g/mol. The highest BCUT2D eigenvalue weighted by molar-refractivity contribution is 6.31. The first-order chi connectivity index (χ1) is 10.1. The van der Waals surface area contributed by atoms with Gasteiger partial charge >= 0.3 is 0 Å². The van der Waals surface area contributed by atoms with Crippen LogP contribution in [0.25, 0.3) is 0 Å². The van der Waals surface area contributed by atoms with Crippen LogP contribution in [0.15, 0.2) is 42.5 Å². The highest BCUT2D eigenvalue weighted by Gasteiger charge is 2.08. The predicted octanol–water partition coefficient (Wildman–Crippen LogP) is 3.24. The predicted molar refractivity (Wildman–Crippen MR) is 84.5 cm³/mol. The lowest BCUT2D eigenvalue weighted by molar-refractivity contribution is 0.102. The Morgan fingerprint density at radius 3 is 2.62 bits per heavy atom. The van der Waals surface area contributed by atoms with Crippen LogP contribution in [-0.4, -0.2) is 17.6 Å². The van der Waals surface area contributed by atoms with Gasteiger partial charge in [-0.2, -0.15) is 0 Å². The molecule has 0 bridgehead atoms. The smallest absolute Gasteiger partial charge is 0.255 e. The summed E-state index contributed by atoms with van der Waals surface area (Å²) in [7, 11) is 0. The van der Waals surface area contributed by atoms with Crippen molar-refractivity contribution in [1.29, 1.82) is 0 Å². The molecule has 2 N–H and O–H groups in total. The molecule has 0 unspecified atom stereocenters. The van der Waals surface area contributed by atoms with E-state index in [0.717, 1.165) is 11.1 Å². The molecule has 0 aromatic heterocycles. The molecule has 2 aromatic carbocycles. The van der Waals surface area contributed by atoms with E-state index in [9.17, 15) is 4.79 Å². The number of halogens is 1. The molecule has 0 fully saturated rings. The highest BCUT2D eigenvalue weighted by Crippen LogP contribution is 2.20. The molecule has 0 aliphatic heterocycles. The number of aliphatic hydroxyl groups excluding tert-OH is 1. The van der Waals surface area contributed by atoms with Crippen LogP contribution in [0.1, 0.15) is 21.5 Å². The van der Waals surface area contributed by atoms with E-state index in [0.29, 0.717) is 16.3 Å². The first-order valence-electron chi connectivity index (χ1n) is 6.37. The second-order valence-electron chi connectivity index (χ2n) is 4.45. The summed E-state index contributed by atoms with van der Waals surface area (Å²) in [5, 5.41) is 12.0. The number of aliphatic hydroxyl groups is 1. The topological polar surface area (TPSA) is 49.3 Å². The second kappa shape index (κ2) is 6.94. The number of carbonyl (C=O) groups excluding carboxylic acids is 1. The SMILES string of the molecule is Cc1ccc(Cl)cc1NC(=O)c1ccc(C#CCO)cc1. The van der Waals surface area contributed by atoms with Gasteiger partial charge in [-0.05, 0) is 48.9 Å². The van der Waals surface area contributed by atoms with Gasteiger partial charge in [-0.25, -0.2) is 0 Å². The Morgan fingerprint density at radius 1 is 1.24 bits per heavy atom. The van der Waals surface area contributed by atoms with Crippen molar-refractivity contribution < 1.29 is 9.90 Å². The minimum atomic E-state index is -0.206. The number of benzene rings is 2. The minimum Gasteiger partial charge on any atom is -0.384 e. The Labute approximate surface area is 128 Å². The fourth-order valence-corrected chi connectivity index (χ4v) is 1.94. The molecule has 1 amide bonds. The molecule has 0 spiro atoms. The Balaban J connectivity index is 2.15. The molecule has 0 radical (unpaired) electrons. The van der Waals surface area contributed by atoms with E-state index in [-0.39, 0.29) is 12.5 Å². The first-order valence-corrected chi connectivity index (χ1v) is 6.75. The lowest BCUT2D eigenvalue weighted by atomic mass is 10.1. The van der Waals surface area contributed by atoms with Crippen LogP contribution in [0.2, 0.25) is 5.02 Å². The van der Waals surface area contributed by atoms with E-state index < -0.39 is 0 Å². The van der Waals surface area contributed by atoms with Crippen LogP contribution in [0.5, 0.6) is 0 Å². The zero-order valence-corrected chi connectivity index (χ0v) is 12.2. The maximum absolute atomic E-state index is 12.2. The third kappa shape index (κ3) is 4.09. The number of hydrogen-bond acceptors (Lipinski definition) is 2. The largest absolute Gasteiger partial charge is 0.384 e. The van der Waals surface area contributed by atoms with Gasteiger partial charge < -0.3 is 10.4 Å². The molecular formula is C17H14ClNO2. The standard InChI is InChI=1S/C17H14ClNO2/c1-12-4-9-15(18)11-16(12)19-17(21)14-7-5-13(6-8-14)3-2-10-20/h4-9,11,20H,10H2,1H3,(H,19,21). The number of anilines is 1. The van der Waals surface area contributed by atoms with E-state index in [1.54, 1.807) is 36.4 Å². The van der Waals surface area contributed by atoms with Crippen molar-refractivity contribution in [3.63, 3.8) is 0 Å². The number of aryl methyl sites for hydroxylation is 1. The van der Waals surface area contributed by atoms with Gasteiger partial charge in [0.1, 0.15) is 6.61 Å². The summed E-state index contributed by atoms with van der Waals surface area (Å²) in [6.07, 6.45) is 0. The van der Waals surface area contributed by atoms with Gasteiger partial charge in [-0.1, -0.05) is 29.5 Å². The molecule has 2 rings (SSSR count). The zero-order chi connectivity index (χ0) is 15.2. The highest BCUT2D eigenvalue weighted by atomic mass is 35.5.